The zero-order valence-corrected chi connectivity index (χ0v) is 16.0. The highest BCUT2D eigenvalue weighted by atomic mass is 32.2. The van der Waals surface area contributed by atoms with Gasteiger partial charge in [-0.25, -0.2) is 4.98 Å². The van der Waals surface area contributed by atoms with Crippen LogP contribution in [0.25, 0.3) is 5.65 Å². The van der Waals surface area contributed by atoms with Crippen molar-refractivity contribution < 1.29 is 19.1 Å². The lowest BCUT2D eigenvalue weighted by atomic mass is 10.1. The van der Waals surface area contributed by atoms with Gasteiger partial charge >= 0.3 is 5.97 Å². The van der Waals surface area contributed by atoms with Gasteiger partial charge in [-0.15, -0.1) is 11.8 Å². The first-order valence-electron chi connectivity index (χ1n) is 8.40. The standard InChI is InChI=1S/C20H20N2O4S/c1-14(23)15-6-7-18(25-2)16(9-15)12-27-13-20(24)26-11-17-10-22-8-4-3-5-19(22)21-17/h3-10H,11-13H2,1-2H3. The lowest BCUT2D eigenvalue weighted by Gasteiger charge is -2.09. The van der Waals surface area contributed by atoms with Gasteiger partial charge in [-0.05, 0) is 37.3 Å². The SMILES string of the molecule is COc1ccc(C(C)=O)cc1CSCC(=O)OCc1cn2ccccc2n1. The molecule has 27 heavy (non-hydrogen) atoms. The molecule has 0 aliphatic carbocycles. The fourth-order valence-electron chi connectivity index (χ4n) is 2.61. The zero-order valence-electron chi connectivity index (χ0n) is 15.2. The number of aromatic nitrogens is 2. The Bertz CT molecular complexity index is 935. The molecule has 0 unspecified atom stereocenters. The van der Waals surface area contributed by atoms with Crippen molar-refractivity contribution in [2.45, 2.75) is 19.3 Å². The third kappa shape index (κ3) is 4.89. The number of methoxy groups -OCH3 is 1. The van der Waals surface area contributed by atoms with E-state index in [1.165, 1.54) is 18.7 Å². The highest BCUT2D eigenvalue weighted by molar-refractivity contribution is 7.99. The quantitative estimate of drug-likeness (QED) is 0.437. The van der Waals surface area contributed by atoms with Gasteiger partial charge in [0.05, 0.1) is 18.6 Å². The smallest absolute Gasteiger partial charge is 0.316 e. The Morgan fingerprint density at radius 3 is 2.81 bits per heavy atom. The number of fused-ring (bicyclic) bond motifs is 1. The van der Waals surface area contributed by atoms with E-state index < -0.39 is 0 Å². The third-order valence-electron chi connectivity index (χ3n) is 3.96. The normalized spacial score (nSPS) is 10.7. The number of benzene rings is 1. The first-order chi connectivity index (χ1) is 13.1. The number of imidazole rings is 1. The minimum atomic E-state index is -0.307. The number of pyridine rings is 1. The van der Waals surface area contributed by atoms with Gasteiger partial charge in [0.15, 0.2) is 5.78 Å². The number of esters is 1. The van der Waals surface area contributed by atoms with Crippen molar-refractivity contribution in [1.82, 2.24) is 9.38 Å². The number of hydrogen-bond donors (Lipinski definition) is 0. The van der Waals surface area contributed by atoms with E-state index in [-0.39, 0.29) is 24.1 Å². The Morgan fingerprint density at radius 2 is 2.07 bits per heavy atom. The molecular weight excluding hydrogens is 364 g/mol. The number of ketones is 1. The summed E-state index contributed by atoms with van der Waals surface area (Å²) in [5.41, 5.74) is 3.02. The van der Waals surface area contributed by atoms with E-state index in [9.17, 15) is 9.59 Å². The van der Waals surface area contributed by atoms with Crippen LogP contribution in [0.2, 0.25) is 0 Å². The van der Waals surface area contributed by atoms with Crippen LogP contribution in [0, 0.1) is 0 Å². The van der Waals surface area contributed by atoms with Gasteiger partial charge in [-0.3, -0.25) is 9.59 Å². The van der Waals surface area contributed by atoms with Crippen molar-refractivity contribution >= 4 is 29.2 Å². The Kier molecular flexibility index (Phi) is 6.13. The summed E-state index contributed by atoms with van der Waals surface area (Å²) in [4.78, 5) is 27.9. The monoisotopic (exact) mass is 384 g/mol. The van der Waals surface area contributed by atoms with Crippen LogP contribution in [0.5, 0.6) is 5.75 Å². The van der Waals surface area contributed by atoms with Gasteiger partial charge in [0, 0.05) is 29.3 Å². The molecule has 0 N–H and O–H groups in total. The second kappa shape index (κ2) is 8.73. The molecule has 3 rings (SSSR count). The highest BCUT2D eigenvalue weighted by Gasteiger charge is 2.10. The molecular formula is C20H20N2O4S. The van der Waals surface area contributed by atoms with Gasteiger partial charge < -0.3 is 13.9 Å². The second-order valence-corrected chi connectivity index (χ2v) is 6.92. The number of ether oxygens (including phenoxy) is 2. The average molecular weight is 384 g/mol. The van der Waals surface area contributed by atoms with E-state index in [4.69, 9.17) is 9.47 Å². The summed E-state index contributed by atoms with van der Waals surface area (Å²) in [6.07, 6.45) is 3.74. The number of nitrogens with zero attached hydrogens (tertiary/aromatic N) is 2. The summed E-state index contributed by atoms with van der Waals surface area (Å²) in [6, 6.07) is 11.0. The molecule has 3 aromatic rings. The van der Waals surface area contributed by atoms with Crippen LogP contribution >= 0.6 is 11.8 Å². The lowest BCUT2D eigenvalue weighted by molar-refractivity contribution is -0.141. The number of rotatable bonds is 8. The molecule has 2 heterocycles. The molecule has 0 fully saturated rings. The topological polar surface area (TPSA) is 69.9 Å². The van der Waals surface area contributed by atoms with Crippen LogP contribution in [-0.4, -0.2) is 34.0 Å². The number of Topliss-reactive ketones (excluding diaryl/α,β-unsaturated/α-hetero) is 1. The zero-order chi connectivity index (χ0) is 19.2. The largest absolute Gasteiger partial charge is 0.496 e. The van der Waals surface area contributed by atoms with Crippen molar-refractivity contribution in [2.75, 3.05) is 12.9 Å². The van der Waals surface area contributed by atoms with Crippen LogP contribution < -0.4 is 4.74 Å². The summed E-state index contributed by atoms with van der Waals surface area (Å²) in [5, 5.41) is 0. The summed E-state index contributed by atoms with van der Waals surface area (Å²) in [7, 11) is 1.58. The maximum absolute atomic E-state index is 12.0. The molecule has 0 bridgehead atoms. The number of thioether (sulfide) groups is 1. The van der Waals surface area contributed by atoms with E-state index in [0.717, 1.165) is 11.2 Å². The van der Waals surface area contributed by atoms with Crippen LogP contribution in [0.15, 0.2) is 48.8 Å². The predicted octanol–water partition coefficient (Wildman–Crippen LogP) is 3.52. The first kappa shape index (κ1) is 19.0. The van der Waals surface area contributed by atoms with Gasteiger partial charge in [0.2, 0.25) is 0 Å². The van der Waals surface area contributed by atoms with Gasteiger partial charge in [0.25, 0.3) is 0 Å². The van der Waals surface area contributed by atoms with E-state index in [1.807, 2.05) is 35.0 Å². The Morgan fingerprint density at radius 1 is 1.22 bits per heavy atom. The average Bonchev–Trinajstić information content (AvgIpc) is 3.09. The van der Waals surface area contributed by atoms with Crippen LogP contribution in [0.3, 0.4) is 0 Å². The first-order valence-corrected chi connectivity index (χ1v) is 9.56. The minimum Gasteiger partial charge on any atom is -0.496 e. The summed E-state index contributed by atoms with van der Waals surface area (Å²) in [5.74, 6) is 1.15. The minimum absolute atomic E-state index is 0.00392. The molecule has 0 spiro atoms. The summed E-state index contributed by atoms with van der Waals surface area (Å²) < 4.78 is 12.5. The molecule has 2 aromatic heterocycles. The van der Waals surface area contributed by atoms with E-state index in [1.54, 1.807) is 25.3 Å². The molecule has 0 aliphatic heterocycles. The fraction of sp³-hybridized carbons (Fsp3) is 0.250. The Balaban J connectivity index is 1.50. The molecule has 7 heteroatoms. The highest BCUT2D eigenvalue weighted by Crippen LogP contribution is 2.25. The molecule has 0 saturated carbocycles. The molecule has 0 atom stereocenters. The van der Waals surface area contributed by atoms with Crippen LogP contribution in [-0.2, 0) is 21.9 Å². The van der Waals surface area contributed by atoms with Crippen molar-refractivity contribution in [3.05, 3.63) is 65.6 Å². The molecule has 0 aliphatic rings. The predicted molar refractivity (Wildman–Crippen MR) is 104 cm³/mol. The van der Waals surface area contributed by atoms with E-state index >= 15 is 0 Å². The third-order valence-corrected chi connectivity index (χ3v) is 4.91. The number of hydrogen-bond acceptors (Lipinski definition) is 6. The molecule has 140 valence electrons. The van der Waals surface area contributed by atoms with E-state index in [2.05, 4.69) is 4.98 Å². The van der Waals surface area contributed by atoms with Crippen molar-refractivity contribution in [2.24, 2.45) is 0 Å². The molecule has 1 aromatic carbocycles. The number of carbonyl (C=O) groups is 2. The molecule has 0 saturated heterocycles. The van der Waals surface area contributed by atoms with Gasteiger partial charge in [-0.2, -0.15) is 0 Å². The number of carbonyl (C=O) groups excluding carboxylic acids is 2. The van der Waals surface area contributed by atoms with E-state index in [0.29, 0.717) is 22.8 Å². The van der Waals surface area contributed by atoms with Gasteiger partial charge in [0.1, 0.15) is 18.0 Å². The maximum Gasteiger partial charge on any atom is 0.316 e. The summed E-state index contributed by atoms with van der Waals surface area (Å²) in [6.45, 7) is 1.67. The maximum atomic E-state index is 12.0. The van der Waals surface area contributed by atoms with Crippen LogP contribution in [0.4, 0.5) is 0 Å². The lowest BCUT2D eigenvalue weighted by Crippen LogP contribution is -2.08. The van der Waals surface area contributed by atoms with Crippen molar-refractivity contribution in [1.29, 1.82) is 0 Å². The van der Waals surface area contributed by atoms with Gasteiger partial charge in [-0.1, -0.05) is 6.07 Å². The molecule has 0 radical (unpaired) electrons. The van der Waals surface area contributed by atoms with Crippen molar-refractivity contribution in [3.8, 4) is 5.75 Å². The summed E-state index contributed by atoms with van der Waals surface area (Å²) >= 11 is 1.41. The van der Waals surface area contributed by atoms with Crippen molar-refractivity contribution in [3.63, 3.8) is 0 Å². The Hall–Kier alpha value is -2.80. The molecule has 0 amide bonds. The fourth-order valence-corrected chi connectivity index (χ4v) is 3.41. The Labute approximate surface area is 161 Å². The van der Waals surface area contributed by atoms with Crippen LogP contribution in [0.1, 0.15) is 28.5 Å². The molecule has 6 nitrogen and oxygen atoms in total. The second-order valence-electron chi connectivity index (χ2n) is 5.93.